The number of fused-ring (bicyclic) bond motifs is 1. The van der Waals surface area contributed by atoms with Crippen LogP contribution in [0.4, 0.5) is 0 Å². The monoisotopic (exact) mass is 364 g/mol. The maximum absolute atomic E-state index is 12.5. The predicted octanol–water partition coefficient (Wildman–Crippen LogP) is 2.40. The van der Waals surface area contributed by atoms with Gasteiger partial charge in [0.05, 0.1) is 11.3 Å². The van der Waals surface area contributed by atoms with Crippen molar-refractivity contribution in [2.45, 2.75) is 26.9 Å². The number of benzene rings is 1. The lowest BCUT2D eigenvalue weighted by Gasteiger charge is -2.07. The zero-order valence-corrected chi connectivity index (χ0v) is 14.8. The number of esters is 1. The molecule has 1 aromatic carbocycles. The normalized spacial score (nSPS) is 11.0. The van der Waals surface area contributed by atoms with Crippen LogP contribution in [-0.2, 0) is 17.8 Å². The maximum atomic E-state index is 12.5. The molecule has 0 fully saturated rings. The first kappa shape index (κ1) is 16.8. The molecule has 9 nitrogen and oxygen atoms in total. The summed E-state index contributed by atoms with van der Waals surface area (Å²) in [4.78, 5) is 24.9. The molecule has 0 aliphatic carbocycles. The molecule has 9 heteroatoms. The van der Waals surface area contributed by atoms with Gasteiger partial charge in [0, 0.05) is 11.8 Å². The fraction of sp³-hybridized carbons (Fsp3) is 0.222. The lowest BCUT2D eigenvalue weighted by Crippen LogP contribution is -2.13. The number of carbonyl (C=O) groups excluding carboxylic acids is 1. The predicted molar refractivity (Wildman–Crippen MR) is 93.8 cm³/mol. The van der Waals surface area contributed by atoms with E-state index in [9.17, 15) is 4.79 Å². The van der Waals surface area contributed by atoms with Gasteiger partial charge in [0.2, 0.25) is 5.82 Å². The van der Waals surface area contributed by atoms with Crippen molar-refractivity contribution in [2.75, 3.05) is 0 Å². The number of hydrogen-bond donors (Lipinski definition) is 0. The van der Waals surface area contributed by atoms with Crippen LogP contribution in [-0.4, -0.2) is 35.7 Å². The number of carbonyl (C=O) groups is 1. The Morgan fingerprint density at radius 1 is 1.22 bits per heavy atom. The quantitative estimate of drug-likeness (QED) is 0.497. The van der Waals surface area contributed by atoms with Crippen LogP contribution >= 0.6 is 0 Å². The molecule has 0 atom stereocenters. The number of aryl methyl sites for hydroxylation is 2. The van der Waals surface area contributed by atoms with E-state index in [1.807, 2.05) is 38.1 Å². The summed E-state index contributed by atoms with van der Waals surface area (Å²) >= 11 is 0. The van der Waals surface area contributed by atoms with Gasteiger partial charge in [-0.3, -0.25) is 0 Å². The number of hydrogen-bond acceptors (Lipinski definition) is 8. The first-order chi connectivity index (χ1) is 13.2. The summed E-state index contributed by atoms with van der Waals surface area (Å²) in [6, 6.07) is 7.74. The van der Waals surface area contributed by atoms with Crippen LogP contribution in [0.5, 0.6) is 0 Å². The molecule has 3 aromatic heterocycles. The second kappa shape index (κ2) is 6.94. The van der Waals surface area contributed by atoms with Crippen molar-refractivity contribution in [2.24, 2.45) is 0 Å². The van der Waals surface area contributed by atoms with E-state index in [-0.39, 0.29) is 12.5 Å². The summed E-state index contributed by atoms with van der Waals surface area (Å²) in [5.74, 6) is 0.558. The van der Waals surface area contributed by atoms with Gasteiger partial charge in [-0.15, -0.1) is 0 Å². The Hall–Kier alpha value is -3.62. The zero-order valence-electron chi connectivity index (χ0n) is 14.8. The van der Waals surface area contributed by atoms with Crippen molar-refractivity contribution >= 4 is 11.7 Å². The van der Waals surface area contributed by atoms with E-state index in [4.69, 9.17) is 9.26 Å². The van der Waals surface area contributed by atoms with Crippen molar-refractivity contribution in [3.8, 4) is 11.4 Å². The van der Waals surface area contributed by atoms with Gasteiger partial charge in [-0.25, -0.2) is 14.3 Å². The Labute approximate surface area is 154 Å². The second-order valence-corrected chi connectivity index (χ2v) is 5.90. The standard InChI is InChI=1S/C18H16N6O3/c1-3-14-13(8-19-18-20-10-21-24(14)18)17(25)26-9-15-22-16(23-27-15)12-6-4-11(2)5-7-12/h4-8,10H,3,9H2,1-2H3. The second-order valence-electron chi connectivity index (χ2n) is 5.90. The molecule has 0 aliphatic heterocycles. The molecule has 0 saturated carbocycles. The third-order valence-corrected chi connectivity index (χ3v) is 4.06. The summed E-state index contributed by atoms with van der Waals surface area (Å²) < 4.78 is 12.0. The minimum Gasteiger partial charge on any atom is -0.452 e. The van der Waals surface area contributed by atoms with Crippen LogP contribution in [0.3, 0.4) is 0 Å². The summed E-state index contributed by atoms with van der Waals surface area (Å²) in [5, 5.41) is 8.01. The van der Waals surface area contributed by atoms with Crippen molar-refractivity contribution in [3.05, 3.63) is 59.5 Å². The highest BCUT2D eigenvalue weighted by Crippen LogP contribution is 2.17. The van der Waals surface area contributed by atoms with E-state index < -0.39 is 5.97 Å². The first-order valence-corrected chi connectivity index (χ1v) is 8.40. The summed E-state index contributed by atoms with van der Waals surface area (Å²) in [5.41, 5.74) is 2.97. The molecule has 4 rings (SSSR count). The Balaban J connectivity index is 1.49. The molecule has 4 aromatic rings. The molecule has 0 aliphatic rings. The number of aromatic nitrogens is 6. The van der Waals surface area contributed by atoms with E-state index in [2.05, 4.69) is 25.2 Å². The smallest absolute Gasteiger partial charge is 0.342 e. The van der Waals surface area contributed by atoms with E-state index in [0.29, 0.717) is 29.3 Å². The van der Waals surface area contributed by atoms with Crippen molar-refractivity contribution in [1.82, 2.24) is 29.7 Å². The van der Waals surface area contributed by atoms with Crippen LogP contribution < -0.4 is 0 Å². The molecule has 0 amide bonds. The van der Waals surface area contributed by atoms with Crippen molar-refractivity contribution < 1.29 is 14.1 Å². The van der Waals surface area contributed by atoms with Crippen LogP contribution in [0.1, 0.15) is 34.4 Å². The maximum Gasteiger partial charge on any atom is 0.342 e. The number of ether oxygens (including phenoxy) is 1. The molecule has 3 heterocycles. The average molecular weight is 364 g/mol. The fourth-order valence-electron chi connectivity index (χ4n) is 2.67. The topological polar surface area (TPSA) is 108 Å². The largest absolute Gasteiger partial charge is 0.452 e. The van der Waals surface area contributed by atoms with Gasteiger partial charge in [0.15, 0.2) is 6.61 Å². The van der Waals surface area contributed by atoms with Crippen LogP contribution in [0.25, 0.3) is 17.2 Å². The molecule has 0 unspecified atom stereocenters. The lowest BCUT2D eigenvalue weighted by molar-refractivity contribution is 0.0427. The molecule has 27 heavy (non-hydrogen) atoms. The highest BCUT2D eigenvalue weighted by molar-refractivity contribution is 5.90. The van der Waals surface area contributed by atoms with E-state index in [0.717, 1.165) is 11.1 Å². The zero-order chi connectivity index (χ0) is 18.8. The minimum atomic E-state index is -0.535. The molecule has 0 radical (unpaired) electrons. The third kappa shape index (κ3) is 3.26. The van der Waals surface area contributed by atoms with Crippen LogP contribution in [0.15, 0.2) is 41.3 Å². The van der Waals surface area contributed by atoms with E-state index >= 15 is 0 Å². The molecule has 0 saturated heterocycles. The highest BCUT2D eigenvalue weighted by atomic mass is 16.6. The van der Waals surface area contributed by atoms with Crippen molar-refractivity contribution in [1.29, 1.82) is 0 Å². The van der Waals surface area contributed by atoms with Gasteiger partial charge >= 0.3 is 5.97 Å². The summed E-state index contributed by atoms with van der Waals surface area (Å²) in [6.07, 6.45) is 3.41. The summed E-state index contributed by atoms with van der Waals surface area (Å²) in [7, 11) is 0. The molecule has 136 valence electrons. The van der Waals surface area contributed by atoms with Gasteiger partial charge < -0.3 is 9.26 Å². The molecule has 0 bridgehead atoms. The Kier molecular flexibility index (Phi) is 4.33. The average Bonchev–Trinajstić information content (AvgIpc) is 3.35. The first-order valence-electron chi connectivity index (χ1n) is 8.40. The number of rotatable bonds is 5. The molecular weight excluding hydrogens is 348 g/mol. The highest BCUT2D eigenvalue weighted by Gasteiger charge is 2.18. The lowest BCUT2D eigenvalue weighted by atomic mass is 10.1. The van der Waals surface area contributed by atoms with Crippen LogP contribution in [0.2, 0.25) is 0 Å². The van der Waals surface area contributed by atoms with Gasteiger partial charge in [0.1, 0.15) is 6.33 Å². The molecule has 0 spiro atoms. The fourth-order valence-corrected chi connectivity index (χ4v) is 2.67. The van der Waals surface area contributed by atoms with Gasteiger partial charge in [0.25, 0.3) is 11.7 Å². The Morgan fingerprint density at radius 3 is 2.81 bits per heavy atom. The molecular formula is C18H16N6O3. The van der Waals surface area contributed by atoms with Crippen molar-refractivity contribution in [3.63, 3.8) is 0 Å². The third-order valence-electron chi connectivity index (χ3n) is 4.06. The Bertz CT molecular complexity index is 1100. The number of nitrogens with zero attached hydrogens (tertiary/aromatic N) is 6. The Morgan fingerprint density at radius 2 is 2.04 bits per heavy atom. The van der Waals surface area contributed by atoms with Gasteiger partial charge in [-0.05, 0) is 13.3 Å². The van der Waals surface area contributed by atoms with E-state index in [1.165, 1.54) is 17.0 Å². The molecule has 0 N–H and O–H groups in total. The summed E-state index contributed by atoms with van der Waals surface area (Å²) in [6.45, 7) is 3.79. The van der Waals surface area contributed by atoms with Crippen LogP contribution in [0, 0.1) is 6.92 Å². The van der Waals surface area contributed by atoms with Gasteiger partial charge in [-0.2, -0.15) is 15.1 Å². The van der Waals surface area contributed by atoms with E-state index in [1.54, 1.807) is 0 Å². The SMILES string of the molecule is CCc1c(C(=O)OCc2nc(-c3ccc(C)cc3)no2)cnc2ncnn12. The minimum absolute atomic E-state index is 0.129. The van der Waals surface area contributed by atoms with Gasteiger partial charge in [-0.1, -0.05) is 41.9 Å².